The van der Waals surface area contributed by atoms with Crippen LogP contribution in [-0.4, -0.2) is 29.2 Å². The summed E-state index contributed by atoms with van der Waals surface area (Å²) in [5.74, 6) is -0.997. The SMILES string of the molecule is O=C(c1ccccc1F)N(Cc1ccccc1Cl)CC1CC(c2ccc(Cl)cc2)=NO1. The zero-order valence-electron chi connectivity index (χ0n) is 16.5. The molecule has 0 saturated heterocycles. The summed E-state index contributed by atoms with van der Waals surface area (Å²) in [4.78, 5) is 20.3. The van der Waals surface area contributed by atoms with Gasteiger partial charge in [-0.3, -0.25) is 4.79 Å². The molecular formula is C24H19Cl2FN2O2. The number of rotatable bonds is 6. The number of halogens is 3. The van der Waals surface area contributed by atoms with Crippen LogP contribution in [0.2, 0.25) is 10.0 Å². The van der Waals surface area contributed by atoms with E-state index in [9.17, 15) is 9.18 Å². The Hall–Kier alpha value is -2.89. The molecule has 4 nitrogen and oxygen atoms in total. The second-order valence-corrected chi connectivity index (χ2v) is 8.08. The van der Waals surface area contributed by atoms with Gasteiger partial charge in [0.2, 0.25) is 0 Å². The average molecular weight is 457 g/mol. The molecule has 1 atom stereocenters. The van der Waals surface area contributed by atoms with Crippen molar-refractivity contribution in [2.45, 2.75) is 19.1 Å². The Bertz CT molecular complexity index is 1120. The monoisotopic (exact) mass is 456 g/mol. The molecule has 31 heavy (non-hydrogen) atoms. The van der Waals surface area contributed by atoms with Crippen LogP contribution >= 0.6 is 23.2 Å². The van der Waals surface area contributed by atoms with E-state index in [0.717, 1.165) is 16.8 Å². The summed E-state index contributed by atoms with van der Waals surface area (Å²) in [5, 5.41) is 5.36. The Morgan fingerprint density at radius 2 is 1.74 bits per heavy atom. The van der Waals surface area contributed by atoms with Crippen LogP contribution in [0.15, 0.2) is 78.0 Å². The van der Waals surface area contributed by atoms with Gasteiger partial charge in [-0.05, 0) is 41.5 Å². The minimum atomic E-state index is -0.567. The summed E-state index contributed by atoms with van der Waals surface area (Å²) in [6.45, 7) is 0.460. The Balaban J connectivity index is 1.53. The molecule has 0 fully saturated rings. The largest absolute Gasteiger partial charge is 0.390 e. The van der Waals surface area contributed by atoms with Crippen molar-refractivity contribution in [3.05, 3.63) is 105 Å². The highest BCUT2D eigenvalue weighted by Crippen LogP contribution is 2.23. The minimum Gasteiger partial charge on any atom is -0.390 e. The van der Waals surface area contributed by atoms with E-state index in [1.807, 2.05) is 30.3 Å². The van der Waals surface area contributed by atoms with Crippen LogP contribution in [0, 0.1) is 5.82 Å². The molecule has 0 spiro atoms. The summed E-state index contributed by atoms with van der Waals surface area (Å²) in [6.07, 6.45) is 0.162. The van der Waals surface area contributed by atoms with Crippen molar-refractivity contribution in [1.29, 1.82) is 0 Å². The number of hydrogen-bond acceptors (Lipinski definition) is 3. The van der Waals surface area contributed by atoms with Crippen molar-refractivity contribution < 1.29 is 14.0 Å². The predicted molar refractivity (Wildman–Crippen MR) is 120 cm³/mol. The van der Waals surface area contributed by atoms with E-state index < -0.39 is 11.7 Å². The Kier molecular flexibility index (Phi) is 6.54. The van der Waals surface area contributed by atoms with Gasteiger partial charge in [0.1, 0.15) is 5.82 Å². The van der Waals surface area contributed by atoms with E-state index in [2.05, 4.69) is 5.16 Å². The number of oxime groups is 1. The zero-order chi connectivity index (χ0) is 21.8. The van der Waals surface area contributed by atoms with Gasteiger partial charge in [0.15, 0.2) is 6.10 Å². The molecule has 0 aromatic heterocycles. The summed E-state index contributed by atoms with van der Waals surface area (Å²) < 4.78 is 14.3. The lowest BCUT2D eigenvalue weighted by atomic mass is 10.0. The second-order valence-electron chi connectivity index (χ2n) is 7.23. The van der Waals surface area contributed by atoms with Crippen LogP contribution in [0.3, 0.4) is 0 Å². The highest BCUT2D eigenvalue weighted by Gasteiger charge is 2.28. The highest BCUT2D eigenvalue weighted by atomic mass is 35.5. The van der Waals surface area contributed by atoms with Crippen molar-refractivity contribution in [1.82, 2.24) is 4.90 Å². The third-order valence-electron chi connectivity index (χ3n) is 5.04. The molecule has 0 bridgehead atoms. The molecule has 7 heteroatoms. The van der Waals surface area contributed by atoms with Gasteiger partial charge in [-0.15, -0.1) is 0 Å². The summed E-state index contributed by atoms with van der Waals surface area (Å²) in [6, 6.07) is 20.5. The van der Waals surface area contributed by atoms with Crippen LogP contribution in [0.1, 0.15) is 27.9 Å². The van der Waals surface area contributed by atoms with Crippen LogP contribution in [0.5, 0.6) is 0 Å². The smallest absolute Gasteiger partial charge is 0.257 e. The van der Waals surface area contributed by atoms with Gasteiger partial charge in [-0.25, -0.2) is 4.39 Å². The Morgan fingerprint density at radius 3 is 2.48 bits per heavy atom. The second kappa shape index (κ2) is 9.50. The Morgan fingerprint density at radius 1 is 1.03 bits per heavy atom. The van der Waals surface area contributed by atoms with E-state index in [1.54, 1.807) is 35.2 Å². The lowest BCUT2D eigenvalue weighted by Gasteiger charge is -2.25. The summed E-state index contributed by atoms with van der Waals surface area (Å²) >= 11 is 12.3. The number of hydrogen-bond donors (Lipinski definition) is 0. The molecular weight excluding hydrogens is 438 g/mol. The molecule has 3 aromatic carbocycles. The van der Waals surface area contributed by atoms with Crippen molar-refractivity contribution in [2.75, 3.05) is 6.54 Å². The van der Waals surface area contributed by atoms with Gasteiger partial charge < -0.3 is 9.74 Å². The number of benzene rings is 3. The molecule has 0 radical (unpaired) electrons. The molecule has 0 N–H and O–H groups in total. The average Bonchev–Trinajstić information content (AvgIpc) is 3.24. The molecule has 1 heterocycles. The lowest BCUT2D eigenvalue weighted by Crippen LogP contribution is -2.37. The van der Waals surface area contributed by atoms with E-state index in [0.29, 0.717) is 16.5 Å². The van der Waals surface area contributed by atoms with Crippen molar-refractivity contribution in [3.8, 4) is 0 Å². The maximum Gasteiger partial charge on any atom is 0.257 e. The van der Waals surface area contributed by atoms with Crippen LogP contribution < -0.4 is 0 Å². The van der Waals surface area contributed by atoms with Gasteiger partial charge in [0.05, 0.1) is 17.8 Å². The third kappa shape index (κ3) is 5.06. The fourth-order valence-corrected chi connectivity index (χ4v) is 3.76. The molecule has 1 aliphatic rings. The topological polar surface area (TPSA) is 41.9 Å². The van der Waals surface area contributed by atoms with E-state index in [1.165, 1.54) is 12.1 Å². The molecule has 0 aliphatic carbocycles. The predicted octanol–water partition coefficient (Wildman–Crippen LogP) is 5.97. The first-order valence-electron chi connectivity index (χ1n) is 9.77. The molecule has 1 unspecified atom stereocenters. The maximum absolute atomic E-state index is 14.3. The van der Waals surface area contributed by atoms with Gasteiger partial charge in [-0.2, -0.15) is 0 Å². The van der Waals surface area contributed by atoms with Gasteiger partial charge in [0.25, 0.3) is 5.91 Å². The van der Waals surface area contributed by atoms with Crippen molar-refractivity contribution in [3.63, 3.8) is 0 Å². The third-order valence-corrected chi connectivity index (χ3v) is 5.67. The minimum absolute atomic E-state index is 0.00592. The van der Waals surface area contributed by atoms with E-state index in [4.69, 9.17) is 28.0 Å². The first-order valence-corrected chi connectivity index (χ1v) is 10.5. The number of carbonyl (C=O) groups excluding carboxylic acids is 1. The summed E-state index contributed by atoms with van der Waals surface area (Å²) in [5.41, 5.74) is 2.46. The van der Waals surface area contributed by atoms with Crippen LogP contribution in [0.25, 0.3) is 0 Å². The zero-order valence-corrected chi connectivity index (χ0v) is 18.0. The van der Waals surface area contributed by atoms with Crippen molar-refractivity contribution in [2.24, 2.45) is 5.16 Å². The maximum atomic E-state index is 14.3. The fourth-order valence-electron chi connectivity index (χ4n) is 3.44. The first-order chi connectivity index (χ1) is 15.0. The molecule has 0 saturated carbocycles. The highest BCUT2D eigenvalue weighted by molar-refractivity contribution is 6.31. The number of nitrogens with zero attached hydrogens (tertiary/aromatic N) is 2. The molecule has 158 valence electrons. The normalized spacial score (nSPS) is 15.3. The van der Waals surface area contributed by atoms with E-state index in [-0.39, 0.29) is 24.8 Å². The van der Waals surface area contributed by atoms with Crippen LogP contribution in [0.4, 0.5) is 4.39 Å². The quantitative estimate of drug-likeness (QED) is 0.458. The van der Waals surface area contributed by atoms with Crippen molar-refractivity contribution >= 4 is 34.8 Å². The number of amides is 1. The standard InChI is InChI=1S/C24H19Cl2FN2O2/c25-18-11-9-16(10-12-18)23-13-19(31-28-23)15-29(14-17-5-1-3-7-21(17)26)24(30)20-6-2-4-8-22(20)27/h1-12,19H,13-15H2. The van der Waals surface area contributed by atoms with Crippen LogP contribution in [-0.2, 0) is 11.4 Å². The summed E-state index contributed by atoms with van der Waals surface area (Å²) in [7, 11) is 0. The Labute approximate surface area is 189 Å². The number of carbonyl (C=O) groups is 1. The fraction of sp³-hybridized carbons (Fsp3) is 0.167. The molecule has 4 rings (SSSR count). The lowest BCUT2D eigenvalue weighted by molar-refractivity contribution is 0.0402. The van der Waals surface area contributed by atoms with E-state index >= 15 is 0 Å². The molecule has 3 aromatic rings. The first kappa shape index (κ1) is 21.3. The molecule has 1 amide bonds. The van der Waals surface area contributed by atoms with Gasteiger partial charge in [0, 0.05) is 23.0 Å². The van der Waals surface area contributed by atoms with Gasteiger partial charge >= 0.3 is 0 Å². The molecule has 1 aliphatic heterocycles. The van der Waals surface area contributed by atoms with Gasteiger partial charge in [-0.1, -0.05) is 70.8 Å².